The van der Waals surface area contributed by atoms with E-state index in [0.717, 1.165) is 38.0 Å². The summed E-state index contributed by atoms with van der Waals surface area (Å²) in [5.41, 5.74) is 2.14. The van der Waals surface area contributed by atoms with E-state index in [9.17, 15) is 4.79 Å². The molecule has 0 radical (unpaired) electrons. The maximum atomic E-state index is 12.0. The Balaban J connectivity index is 1.46. The van der Waals surface area contributed by atoms with E-state index in [1.807, 2.05) is 16.8 Å². The second-order valence-corrected chi connectivity index (χ2v) is 6.30. The largest absolute Gasteiger partial charge is 0.349 e. The second kappa shape index (κ2) is 6.87. The SMILES string of the molecule is O=C(NC1CCN(Cc2ccccc2)CC1)c1ccsc1. The van der Waals surface area contributed by atoms with Crippen LogP contribution in [0.3, 0.4) is 0 Å². The van der Waals surface area contributed by atoms with E-state index in [1.54, 1.807) is 11.3 Å². The highest BCUT2D eigenvalue weighted by atomic mass is 32.1. The molecule has 110 valence electrons. The summed E-state index contributed by atoms with van der Waals surface area (Å²) in [6.45, 7) is 3.10. The van der Waals surface area contributed by atoms with Crippen LogP contribution in [0.1, 0.15) is 28.8 Å². The van der Waals surface area contributed by atoms with Crippen molar-refractivity contribution in [3.63, 3.8) is 0 Å². The first kappa shape index (κ1) is 14.3. The van der Waals surface area contributed by atoms with Crippen molar-refractivity contribution >= 4 is 17.2 Å². The number of hydrogen-bond acceptors (Lipinski definition) is 3. The standard InChI is InChI=1S/C17H20N2OS/c20-17(15-8-11-21-13-15)18-16-6-9-19(10-7-16)12-14-4-2-1-3-5-14/h1-5,8,11,13,16H,6-7,9-10,12H2,(H,18,20). The molecule has 1 saturated heterocycles. The first-order chi connectivity index (χ1) is 10.3. The Morgan fingerprint density at radius 3 is 2.62 bits per heavy atom. The number of hydrogen-bond donors (Lipinski definition) is 1. The molecule has 1 N–H and O–H groups in total. The van der Waals surface area contributed by atoms with Gasteiger partial charge >= 0.3 is 0 Å². The summed E-state index contributed by atoms with van der Waals surface area (Å²) in [5.74, 6) is 0.0674. The molecule has 4 heteroatoms. The lowest BCUT2D eigenvalue weighted by Crippen LogP contribution is -2.44. The molecular formula is C17H20N2OS. The van der Waals surface area contributed by atoms with E-state index >= 15 is 0 Å². The van der Waals surface area contributed by atoms with Gasteiger partial charge in [-0.25, -0.2) is 0 Å². The Kier molecular flexibility index (Phi) is 4.68. The van der Waals surface area contributed by atoms with Crippen molar-refractivity contribution in [3.05, 3.63) is 58.3 Å². The summed E-state index contributed by atoms with van der Waals surface area (Å²) < 4.78 is 0. The Hall–Kier alpha value is -1.65. The van der Waals surface area contributed by atoms with Gasteiger partial charge in [0.05, 0.1) is 0 Å². The van der Waals surface area contributed by atoms with Crippen LogP contribution in [-0.2, 0) is 6.54 Å². The molecule has 1 aliphatic rings. The first-order valence-corrected chi connectivity index (χ1v) is 8.35. The Morgan fingerprint density at radius 1 is 1.19 bits per heavy atom. The minimum atomic E-state index is 0.0674. The number of nitrogens with one attached hydrogen (secondary N) is 1. The van der Waals surface area contributed by atoms with Gasteiger partial charge in [-0.1, -0.05) is 30.3 Å². The van der Waals surface area contributed by atoms with E-state index in [1.165, 1.54) is 5.56 Å². The lowest BCUT2D eigenvalue weighted by Gasteiger charge is -2.32. The molecule has 0 bridgehead atoms. The number of nitrogens with zero attached hydrogens (tertiary/aromatic N) is 1. The van der Waals surface area contributed by atoms with Gasteiger partial charge in [0.15, 0.2) is 0 Å². The monoisotopic (exact) mass is 300 g/mol. The lowest BCUT2D eigenvalue weighted by atomic mass is 10.0. The zero-order chi connectivity index (χ0) is 14.5. The van der Waals surface area contributed by atoms with Gasteiger partial charge in [-0.15, -0.1) is 0 Å². The predicted molar refractivity (Wildman–Crippen MR) is 86.5 cm³/mol. The molecule has 1 aliphatic heterocycles. The average molecular weight is 300 g/mol. The molecule has 0 atom stereocenters. The fourth-order valence-electron chi connectivity index (χ4n) is 2.74. The highest BCUT2D eigenvalue weighted by Gasteiger charge is 2.21. The van der Waals surface area contributed by atoms with E-state index in [4.69, 9.17) is 0 Å². The van der Waals surface area contributed by atoms with E-state index in [-0.39, 0.29) is 5.91 Å². The zero-order valence-corrected chi connectivity index (χ0v) is 12.8. The molecule has 0 saturated carbocycles. The molecule has 0 unspecified atom stereocenters. The lowest BCUT2D eigenvalue weighted by molar-refractivity contribution is 0.0909. The first-order valence-electron chi connectivity index (χ1n) is 7.40. The quantitative estimate of drug-likeness (QED) is 0.941. The number of thiophene rings is 1. The van der Waals surface area contributed by atoms with E-state index in [0.29, 0.717) is 6.04 Å². The minimum Gasteiger partial charge on any atom is -0.349 e. The molecule has 21 heavy (non-hydrogen) atoms. The van der Waals surface area contributed by atoms with Crippen LogP contribution in [0.5, 0.6) is 0 Å². The molecule has 2 aromatic rings. The topological polar surface area (TPSA) is 32.3 Å². The van der Waals surface area contributed by atoms with Gasteiger partial charge in [0.2, 0.25) is 0 Å². The van der Waals surface area contributed by atoms with Crippen molar-refractivity contribution in [2.45, 2.75) is 25.4 Å². The van der Waals surface area contributed by atoms with Crippen LogP contribution in [0.25, 0.3) is 0 Å². The van der Waals surface area contributed by atoms with Crippen LogP contribution in [0.15, 0.2) is 47.2 Å². The molecule has 1 aromatic heterocycles. The van der Waals surface area contributed by atoms with Crippen molar-refractivity contribution in [2.24, 2.45) is 0 Å². The molecule has 0 aliphatic carbocycles. The van der Waals surface area contributed by atoms with Gasteiger partial charge in [0, 0.05) is 36.6 Å². The summed E-state index contributed by atoms with van der Waals surface area (Å²) in [6.07, 6.45) is 2.06. The number of rotatable bonds is 4. The van der Waals surface area contributed by atoms with Crippen molar-refractivity contribution in [1.29, 1.82) is 0 Å². The van der Waals surface area contributed by atoms with Crippen molar-refractivity contribution in [3.8, 4) is 0 Å². The van der Waals surface area contributed by atoms with Crippen LogP contribution in [-0.4, -0.2) is 29.9 Å². The van der Waals surface area contributed by atoms with Gasteiger partial charge in [-0.2, -0.15) is 11.3 Å². The van der Waals surface area contributed by atoms with Gasteiger partial charge < -0.3 is 5.32 Å². The Morgan fingerprint density at radius 2 is 1.95 bits per heavy atom. The third kappa shape index (κ3) is 3.93. The molecule has 1 amide bonds. The van der Waals surface area contributed by atoms with Crippen LogP contribution >= 0.6 is 11.3 Å². The molecule has 3 nitrogen and oxygen atoms in total. The number of amides is 1. The van der Waals surface area contributed by atoms with E-state index < -0.39 is 0 Å². The third-order valence-corrected chi connectivity index (χ3v) is 4.64. The maximum absolute atomic E-state index is 12.0. The number of likely N-dealkylation sites (tertiary alicyclic amines) is 1. The maximum Gasteiger partial charge on any atom is 0.252 e. The van der Waals surface area contributed by atoms with Gasteiger partial charge in [-0.05, 0) is 29.9 Å². The Bertz CT molecular complexity index is 560. The summed E-state index contributed by atoms with van der Waals surface area (Å²) in [6, 6.07) is 12.8. The van der Waals surface area contributed by atoms with Gasteiger partial charge in [0.1, 0.15) is 0 Å². The molecular weight excluding hydrogens is 280 g/mol. The zero-order valence-electron chi connectivity index (χ0n) is 12.0. The van der Waals surface area contributed by atoms with E-state index in [2.05, 4.69) is 40.5 Å². The number of benzene rings is 1. The highest BCUT2D eigenvalue weighted by Crippen LogP contribution is 2.15. The highest BCUT2D eigenvalue weighted by molar-refractivity contribution is 7.08. The van der Waals surface area contributed by atoms with Crippen molar-refractivity contribution in [2.75, 3.05) is 13.1 Å². The van der Waals surface area contributed by atoms with Crippen molar-refractivity contribution < 1.29 is 4.79 Å². The summed E-state index contributed by atoms with van der Waals surface area (Å²) in [4.78, 5) is 14.5. The second-order valence-electron chi connectivity index (χ2n) is 5.52. The Labute approximate surface area is 129 Å². The van der Waals surface area contributed by atoms with Crippen LogP contribution < -0.4 is 5.32 Å². The molecule has 3 rings (SSSR count). The summed E-state index contributed by atoms with van der Waals surface area (Å²) >= 11 is 1.56. The number of carbonyl (C=O) groups excluding carboxylic acids is 1. The van der Waals surface area contributed by atoms with Crippen molar-refractivity contribution in [1.82, 2.24) is 10.2 Å². The summed E-state index contributed by atoms with van der Waals surface area (Å²) in [5, 5.41) is 6.99. The van der Waals surface area contributed by atoms with Crippen LogP contribution in [0.2, 0.25) is 0 Å². The summed E-state index contributed by atoms with van der Waals surface area (Å²) in [7, 11) is 0. The fourth-order valence-corrected chi connectivity index (χ4v) is 3.38. The predicted octanol–water partition coefficient (Wildman–Crippen LogP) is 3.14. The molecule has 2 heterocycles. The number of piperidine rings is 1. The normalized spacial score (nSPS) is 16.8. The molecule has 0 spiro atoms. The number of carbonyl (C=O) groups is 1. The van der Waals surface area contributed by atoms with Gasteiger partial charge in [-0.3, -0.25) is 9.69 Å². The van der Waals surface area contributed by atoms with Crippen LogP contribution in [0.4, 0.5) is 0 Å². The van der Waals surface area contributed by atoms with Crippen LogP contribution in [0, 0.1) is 0 Å². The average Bonchev–Trinajstić information content (AvgIpc) is 3.05. The fraction of sp³-hybridized carbons (Fsp3) is 0.353. The molecule has 1 aromatic carbocycles. The molecule has 1 fully saturated rings. The third-order valence-electron chi connectivity index (χ3n) is 3.96. The minimum absolute atomic E-state index is 0.0674. The smallest absolute Gasteiger partial charge is 0.252 e. The van der Waals surface area contributed by atoms with Gasteiger partial charge in [0.25, 0.3) is 5.91 Å².